The fourth-order valence-electron chi connectivity index (χ4n) is 4.19. The van der Waals surface area contributed by atoms with E-state index in [0.29, 0.717) is 33.8 Å². The van der Waals surface area contributed by atoms with Gasteiger partial charge in [0.1, 0.15) is 23.7 Å². The van der Waals surface area contributed by atoms with Crippen molar-refractivity contribution in [2.75, 3.05) is 16.8 Å². The number of nitrogens with one attached hydrogen (secondary N) is 2. The van der Waals surface area contributed by atoms with Crippen LogP contribution < -0.4 is 25.0 Å². The van der Waals surface area contributed by atoms with E-state index in [1.165, 1.54) is 6.08 Å². The molecule has 0 atom stereocenters. The van der Waals surface area contributed by atoms with E-state index in [9.17, 15) is 19.2 Å². The Morgan fingerprint density at radius 1 is 0.907 bits per heavy atom. The summed E-state index contributed by atoms with van der Waals surface area (Å²) < 4.78 is 11.9. The van der Waals surface area contributed by atoms with E-state index >= 15 is 0 Å². The number of halogens is 1. The lowest BCUT2D eigenvalue weighted by molar-refractivity contribution is -0.122. The second-order valence-electron chi connectivity index (χ2n) is 9.62. The molecule has 5 rings (SSSR count). The number of hydrogen-bond donors (Lipinski definition) is 2. The SMILES string of the molecule is Cc1ccc(NC(=O)COc2ccc(/C=C3\C(=O)NC(=O)N(c4ccc(OCc5ccccc5)cc4)C3=O)cc2Br)cc1. The van der Waals surface area contributed by atoms with E-state index in [0.717, 1.165) is 16.0 Å². The van der Waals surface area contributed by atoms with Gasteiger partial charge in [-0.05, 0) is 88.6 Å². The molecule has 1 aliphatic rings. The summed E-state index contributed by atoms with van der Waals surface area (Å²) in [6.07, 6.45) is 1.38. The maximum atomic E-state index is 13.3. The van der Waals surface area contributed by atoms with Crippen LogP contribution in [-0.4, -0.2) is 30.4 Å². The van der Waals surface area contributed by atoms with Gasteiger partial charge in [-0.2, -0.15) is 0 Å². The number of hydrogen-bond acceptors (Lipinski definition) is 6. The minimum Gasteiger partial charge on any atom is -0.489 e. The van der Waals surface area contributed by atoms with Crippen LogP contribution in [0.15, 0.2) is 107 Å². The summed E-state index contributed by atoms with van der Waals surface area (Å²) in [6.45, 7) is 2.10. The number of aryl methyl sites for hydroxylation is 1. The first kappa shape index (κ1) is 29.3. The Hall–Kier alpha value is -5.22. The molecule has 0 unspecified atom stereocenters. The molecular weight excluding hydrogens is 614 g/mol. The van der Waals surface area contributed by atoms with E-state index in [1.807, 2.05) is 49.4 Å². The maximum absolute atomic E-state index is 13.3. The zero-order valence-electron chi connectivity index (χ0n) is 23.0. The van der Waals surface area contributed by atoms with E-state index in [4.69, 9.17) is 9.47 Å². The van der Waals surface area contributed by atoms with Crippen molar-refractivity contribution in [3.63, 3.8) is 0 Å². The normalized spacial score (nSPS) is 14.0. The fourth-order valence-corrected chi connectivity index (χ4v) is 4.70. The van der Waals surface area contributed by atoms with Crippen molar-refractivity contribution in [3.05, 3.63) is 124 Å². The van der Waals surface area contributed by atoms with Gasteiger partial charge in [0.05, 0.1) is 10.2 Å². The number of nitrogens with zero attached hydrogens (tertiary/aromatic N) is 1. The van der Waals surface area contributed by atoms with Crippen LogP contribution in [0.25, 0.3) is 6.08 Å². The monoisotopic (exact) mass is 639 g/mol. The van der Waals surface area contributed by atoms with Crippen LogP contribution in [-0.2, 0) is 21.0 Å². The van der Waals surface area contributed by atoms with Crippen molar-refractivity contribution < 1.29 is 28.7 Å². The van der Waals surface area contributed by atoms with Gasteiger partial charge in [0.2, 0.25) is 0 Å². The molecule has 216 valence electrons. The number of carbonyl (C=O) groups is 4. The van der Waals surface area contributed by atoms with Crippen LogP contribution in [0.3, 0.4) is 0 Å². The molecule has 0 spiro atoms. The summed E-state index contributed by atoms with van der Waals surface area (Å²) in [7, 11) is 0. The second-order valence-corrected chi connectivity index (χ2v) is 10.5. The highest BCUT2D eigenvalue weighted by Crippen LogP contribution is 2.29. The number of amides is 5. The van der Waals surface area contributed by atoms with Gasteiger partial charge in [0, 0.05) is 5.69 Å². The van der Waals surface area contributed by atoms with Gasteiger partial charge in [0.25, 0.3) is 17.7 Å². The zero-order chi connectivity index (χ0) is 30.3. The first-order valence-electron chi connectivity index (χ1n) is 13.2. The average Bonchev–Trinajstić information content (AvgIpc) is 3.00. The molecule has 4 aromatic rings. The number of anilines is 2. The van der Waals surface area contributed by atoms with E-state index in [1.54, 1.807) is 54.6 Å². The summed E-state index contributed by atoms with van der Waals surface area (Å²) in [5.41, 5.74) is 3.30. The molecular formula is C33H26BrN3O6. The predicted octanol–water partition coefficient (Wildman–Crippen LogP) is 6.02. The zero-order valence-corrected chi connectivity index (χ0v) is 24.6. The lowest BCUT2D eigenvalue weighted by atomic mass is 10.1. The topological polar surface area (TPSA) is 114 Å². The maximum Gasteiger partial charge on any atom is 0.335 e. The summed E-state index contributed by atoms with van der Waals surface area (Å²) in [5, 5.41) is 4.98. The first-order chi connectivity index (χ1) is 20.8. The molecule has 2 N–H and O–H groups in total. The molecule has 0 aliphatic carbocycles. The van der Waals surface area contributed by atoms with E-state index in [2.05, 4.69) is 26.6 Å². The number of imide groups is 2. The highest BCUT2D eigenvalue weighted by atomic mass is 79.9. The largest absolute Gasteiger partial charge is 0.489 e. The molecule has 4 aromatic carbocycles. The third kappa shape index (κ3) is 7.35. The van der Waals surface area contributed by atoms with Crippen molar-refractivity contribution in [1.82, 2.24) is 5.32 Å². The molecule has 0 aromatic heterocycles. The van der Waals surface area contributed by atoms with E-state index in [-0.39, 0.29) is 23.8 Å². The Bertz CT molecular complexity index is 1700. The van der Waals surface area contributed by atoms with Crippen LogP contribution in [0.4, 0.5) is 16.2 Å². The van der Waals surface area contributed by atoms with Crippen molar-refractivity contribution in [2.45, 2.75) is 13.5 Å². The number of rotatable bonds is 9. The Kier molecular flexibility index (Phi) is 8.97. The molecule has 0 saturated carbocycles. The summed E-state index contributed by atoms with van der Waals surface area (Å²) in [5.74, 6) is -0.947. The molecule has 43 heavy (non-hydrogen) atoms. The quantitative estimate of drug-likeness (QED) is 0.171. The first-order valence-corrected chi connectivity index (χ1v) is 14.0. The van der Waals surface area contributed by atoms with Gasteiger partial charge < -0.3 is 14.8 Å². The molecule has 0 radical (unpaired) electrons. The third-order valence-corrected chi connectivity index (χ3v) is 7.03. The second kappa shape index (κ2) is 13.2. The van der Waals surface area contributed by atoms with Crippen molar-refractivity contribution in [3.8, 4) is 11.5 Å². The van der Waals surface area contributed by atoms with Crippen molar-refractivity contribution >= 4 is 57.1 Å². The Morgan fingerprint density at radius 2 is 1.63 bits per heavy atom. The van der Waals surface area contributed by atoms with Gasteiger partial charge in [0.15, 0.2) is 6.61 Å². The molecule has 1 fully saturated rings. The standard InChI is InChI=1S/C33H26BrN3O6/c1-21-7-10-24(11-8-21)35-30(38)20-43-29-16-9-23(18-28(29)34)17-27-31(39)36-33(41)37(32(27)40)25-12-14-26(15-13-25)42-19-22-5-3-2-4-6-22/h2-18H,19-20H2,1H3,(H,35,38)(H,36,39,41)/b27-17+. The van der Waals surface area contributed by atoms with Gasteiger partial charge in [-0.25, -0.2) is 9.69 Å². The number of ether oxygens (including phenoxy) is 2. The average molecular weight is 640 g/mol. The summed E-state index contributed by atoms with van der Waals surface area (Å²) in [6, 6.07) is 27.5. The van der Waals surface area contributed by atoms with E-state index < -0.39 is 17.8 Å². The number of urea groups is 1. The van der Waals surface area contributed by atoms with Gasteiger partial charge in [-0.15, -0.1) is 0 Å². The summed E-state index contributed by atoms with van der Waals surface area (Å²) in [4.78, 5) is 51.7. The molecule has 10 heteroatoms. The Balaban J connectivity index is 1.24. The smallest absolute Gasteiger partial charge is 0.335 e. The molecule has 1 heterocycles. The third-order valence-electron chi connectivity index (χ3n) is 6.41. The van der Waals surface area contributed by atoms with Gasteiger partial charge in [-0.3, -0.25) is 19.7 Å². The number of benzene rings is 4. The van der Waals surface area contributed by atoms with Crippen LogP contribution in [0, 0.1) is 6.92 Å². The van der Waals surface area contributed by atoms with Crippen molar-refractivity contribution in [1.29, 1.82) is 0 Å². The van der Waals surface area contributed by atoms with Crippen molar-refractivity contribution in [2.24, 2.45) is 0 Å². The number of barbiturate groups is 1. The summed E-state index contributed by atoms with van der Waals surface area (Å²) >= 11 is 3.41. The van der Waals surface area contributed by atoms with Gasteiger partial charge in [-0.1, -0.05) is 54.1 Å². The van der Waals surface area contributed by atoms with Crippen LogP contribution in [0.5, 0.6) is 11.5 Å². The predicted molar refractivity (Wildman–Crippen MR) is 166 cm³/mol. The van der Waals surface area contributed by atoms with Crippen LogP contribution in [0.1, 0.15) is 16.7 Å². The number of carbonyl (C=O) groups excluding carboxylic acids is 4. The minimum atomic E-state index is -0.848. The molecule has 9 nitrogen and oxygen atoms in total. The molecule has 1 saturated heterocycles. The fraction of sp³-hybridized carbons (Fsp3) is 0.0909. The van der Waals surface area contributed by atoms with Crippen LogP contribution >= 0.6 is 15.9 Å². The molecule has 1 aliphatic heterocycles. The molecule has 5 amide bonds. The lowest BCUT2D eigenvalue weighted by Crippen LogP contribution is -2.54. The Labute approximate surface area is 256 Å². The minimum absolute atomic E-state index is 0.220. The Morgan fingerprint density at radius 3 is 2.33 bits per heavy atom. The van der Waals surface area contributed by atoms with Crippen LogP contribution in [0.2, 0.25) is 0 Å². The molecule has 0 bridgehead atoms. The highest BCUT2D eigenvalue weighted by Gasteiger charge is 2.36. The highest BCUT2D eigenvalue weighted by molar-refractivity contribution is 9.10. The van der Waals surface area contributed by atoms with Gasteiger partial charge >= 0.3 is 6.03 Å². The lowest BCUT2D eigenvalue weighted by Gasteiger charge is -2.26.